The predicted molar refractivity (Wildman–Crippen MR) is 63.2 cm³/mol. The molecule has 4 heteroatoms. The van der Waals surface area contributed by atoms with Gasteiger partial charge >= 0.3 is 5.97 Å². The van der Waals surface area contributed by atoms with Crippen molar-refractivity contribution in [3.05, 3.63) is 0 Å². The molecule has 4 nitrogen and oxygen atoms in total. The Kier molecular flexibility index (Phi) is 3.40. The van der Waals surface area contributed by atoms with Gasteiger partial charge in [0.25, 0.3) is 0 Å². The van der Waals surface area contributed by atoms with E-state index in [1.807, 2.05) is 0 Å². The summed E-state index contributed by atoms with van der Waals surface area (Å²) in [6, 6.07) is -0.480. The average Bonchev–Trinajstić information content (AvgIpc) is 2.97. The molecule has 4 atom stereocenters. The van der Waals surface area contributed by atoms with Crippen molar-refractivity contribution in [3.8, 4) is 0 Å². The molecule has 0 aliphatic heterocycles. The molecule has 0 aromatic carbocycles. The molecular weight excluding hydrogens is 218 g/mol. The van der Waals surface area contributed by atoms with Gasteiger partial charge in [-0.15, -0.1) is 0 Å². The van der Waals surface area contributed by atoms with Crippen LogP contribution in [0.5, 0.6) is 0 Å². The first kappa shape index (κ1) is 12.4. The van der Waals surface area contributed by atoms with Gasteiger partial charge in [0.2, 0.25) is 5.91 Å². The first-order valence-corrected chi connectivity index (χ1v) is 6.39. The topological polar surface area (TPSA) is 46.6 Å². The van der Waals surface area contributed by atoms with Gasteiger partial charge in [0.15, 0.2) is 0 Å². The molecule has 2 aliphatic rings. The molecule has 0 N–H and O–H groups in total. The van der Waals surface area contributed by atoms with E-state index in [-0.39, 0.29) is 17.8 Å². The van der Waals surface area contributed by atoms with Crippen molar-refractivity contribution in [2.45, 2.75) is 38.6 Å². The van der Waals surface area contributed by atoms with Gasteiger partial charge in [0.1, 0.15) is 6.04 Å². The summed E-state index contributed by atoms with van der Waals surface area (Å²) in [6.07, 6.45) is 4.69. The lowest BCUT2D eigenvalue weighted by atomic mass is 9.87. The van der Waals surface area contributed by atoms with Crippen LogP contribution in [0.4, 0.5) is 0 Å². The Morgan fingerprint density at radius 2 is 2.00 bits per heavy atom. The van der Waals surface area contributed by atoms with Gasteiger partial charge in [-0.3, -0.25) is 4.79 Å². The molecule has 96 valence electrons. The number of esters is 1. The van der Waals surface area contributed by atoms with Gasteiger partial charge < -0.3 is 9.64 Å². The second kappa shape index (κ2) is 4.67. The number of carbonyl (C=O) groups is 2. The van der Waals surface area contributed by atoms with Gasteiger partial charge in [-0.2, -0.15) is 0 Å². The minimum absolute atomic E-state index is 0.120. The quantitative estimate of drug-likeness (QED) is 0.700. The molecule has 2 bridgehead atoms. The third-order valence-corrected chi connectivity index (χ3v) is 4.53. The maximum Gasteiger partial charge on any atom is 0.328 e. The van der Waals surface area contributed by atoms with Crippen molar-refractivity contribution in [3.63, 3.8) is 0 Å². The third kappa shape index (κ3) is 2.17. The van der Waals surface area contributed by atoms with E-state index in [9.17, 15) is 9.59 Å². The molecule has 0 saturated heterocycles. The van der Waals surface area contributed by atoms with Crippen LogP contribution in [0.15, 0.2) is 0 Å². The fourth-order valence-electron chi connectivity index (χ4n) is 3.33. The highest BCUT2D eigenvalue weighted by molar-refractivity contribution is 5.85. The summed E-state index contributed by atoms with van der Waals surface area (Å²) < 4.78 is 4.68. The molecule has 0 radical (unpaired) electrons. The molecule has 0 aromatic rings. The zero-order chi connectivity index (χ0) is 12.6. The van der Waals surface area contributed by atoms with Crippen molar-refractivity contribution >= 4 is 11.9 Å². The summed E-state index contributed by atoms with van der Waals surface area (Å²) in [5.41, 5.74) is 0. The lowest BCUT2D eigenvalue weighted by Gasteiger charge is -2.29. The highest BCUT2D eigenvalue weighted by Gasteiger charge is 2.44. The van der Waals surface area contributed by atoms with E-state index >= 15 is 0 Å². The Labute approximate surface area is 102 Å². The van der Waals surface area contributed by atoms with Crippen molar-refractivity contribution in [2.75, 3.05) is 14.2 Å². The summed E-state index contributed by atoms with van der Waals surface area (Å²) in [7, 11) is 3.06. The molecule has 2 aliphatic carbocycles. The summed E-state index contributed by atoms with van der Waals surface area (Å²) in [5, 5.41) is 0. The van der Waals surface area contributed by atoms with Gasteiger partial charge in [-0.1, -0.05) is 6.42 Å². The fourth-order valence-corrected chi connectivity index (χ4v) is 3.33. The summed E-state index contributed by atoms with van der Waals surface area (Å²) in [6.45, 7) is 1.72. The van der Waals surface area contributed by atoms with Crippen LogP contribution in [0.2, 0.25) is 0 Å². The monoisotopic (exact) mass is 239 g/mol. The number of methoxy groups -OCH3 is 1. The number of likely N-dealkylation sites (N-methyl/N-ethyl adjacent to an activating group) is 1. The molecule has 0 spiro atoms. The van der Waals surface area contributed by atoms with Crippen molar-refractivity contribution < 1.29 is 14.3 Å². The highest BCUT2D eigenvalue weighted by atomic mass is 16.5. The Morgan fingerprint density at radius 1 is 1.29 bits per heavy atom. The minimum Gasteiger partial charge on any atom is -0.467 e. The normalized spacial score (nSPS) is 32.3. The van der Waals surface area contributed by atoms with Crippen LogP contribution >= 0.6 is 0 Å². The van der Waals surface area contributed by atoms with Crippen LogP contribution in [0.3, 0.4) is 0 Å². The maximum absolute atomic E-state index is 12.3. The van der Waals surface area contributed by atoms with E-state index in [1.54, 1.807) is 18.9 Å². The van der Waals surface area contributed by atoms with Crippen molar-refractivity contribution in [1.82, 2.24) is 4.90 Å². The van der Waals surface area contributed by atoms with Crippen LogP contribution in [-0.2, 0) is 14.3 Å². The number of hydrogen-bond acceptors (Lipinski definition) is 3. The average molecular weight is 239 g/mol. The Bertz CT molecular complexity index is 329. The van der Waals surface area contributed by atoms with E-state index in [1.165, 1.54) is 26.4 Å². The van der Waals surface area contributed by atoms with Crippen molar-refractivity contribution in [1.29, 1.82) is 0 Å². The summed E-state index contributed by atoms with van der Waals surface area (Å²) in [4.78, 5) is 25.3. The Hall–Kier alpha value is -1.06. The van der Waals surface area contributed by atoms with Gasteiger partial charge in [0.05, 0.1) is 7.11 Å². The highest BCUT2D eigenvalue weighted by Crippen LogP contribution is 2.48. The smallest absolute Gasteiger partial charge is 0.328 e. The van der Waals surface area contributed by atoms with Crippen LogP contribution in [0.1, 0.15) is 32.6 Å². The molecule has 2 saturated carbocycles. The molecular formula is C13H21NO3. The first-order chi connectivity index (χ1) is 8.04. The largest absolute Gasteiger partial charge is 0.467 e. The van der Waals surface area contributed by atoms with Gasteiger partial charge in [-0.05, 0) is 38.0 Å². The number of carbonyl (C=O) groups excluding carboxylic acids is 2. The molecule has 17 heavy (non-hydrogen) atoms. The van der Waals surface area contributed by atoms with Crippen molar-refractivity contribution in [2.24, 2.45) is 17.8 Å². The summed E-state index contributed by atoms with van der Waals surface area (Å²) in [5.74, 6) is 1.22. The van der Waals surface area contributed by atoms with E-state index in [2.05, 4.69) is 4.74 Å². The SMILES string of the molecule is COC(=O)[C@H](C)N(C)C(=O)[C@H]1C[C@@H]2CC[C@H]1C2. The van der Waals surface area contributed by atoms with Crippen LogP contribution in [0.25, 0.3) is 0 Å². The van der Waals surface area contributed by atoms with E-state index < -0.39 is 6.04 Å². The van der Waals surface area contributed by atoms with Crippen LogP contribution in [-0.4, -0.2) is 37.0 Å². The molecule has 0 heterocycles. The number of rotatable bonds is 3. The predicted octanol–water partition coefficient (Wildman–Crippen LogP) is 1.44. The zero-order valence-corrected chi connectivity index (χ0v) is 10.8. The van der Waals surface area contributed by atoms with E-state index in [4.69, 9.17) is 0 Å². The van der Waals surface area contributed by atoms with Crippen LogP contribution in [0, 0.1) is 17.8 Å². The fraction of sp³-hybridized carbons (Fsp3) is 0.846. The summed E-state index contributed by atoms with van der Waals surface area (Å²) >= 11 is 0. The second-order valence-electron chi connectivity index (χ2n) is 5.43. The van der Waals surface area contributed by atoms with Gasteiger partial charge in [0, 0.05) is 13.0 Å². The molecule has 2 rings (SSSR count). The third-order valence-electron chi connectivity index (χ3n) is 4.53. The minimum atomic E-state index is -0.480. The number of amides is 1. The number of hydrogen-bond donors (Lipinski definition) is 0. The van der Waals surface area contributed by atoms with Crippen LogP contribution < -0.4 is 0 Å². The number of fused-ring (bicyclic) bond motifs is 2. The zero-order valence-electron chi connectivity index (χ0n) is 10.8. The molecule has 0 aromatic heterocycles. The first-order valence-electron chi connectivity index (χ1n) is 6.39. The second-order valence-corrected chi connectivity index (χ2v) is 5.43. The number of ether oxygens (including phenoxy) is 1. The number of nitrogens with zero attached hydrogens (tertiary/aromatic N) is 1. The van der Waals surface area contributed by atoms with E-state index in [0.29, 0.717) is 5.92 Å². The molecule has 1 amide bonds. The lowest BCUT2D eigenvalue weighted by Crippen LogP contribution is -2.44. The van der Waals surface area contributed by atoms with E-state index in [0.717, 1.165) is 12.3 Å². The maximum atomic E-state index is 12.3. The Balaban J connectivity index is 1.98. The van der Waals surface area contributed by atoms with Gasteiger partial charge in [-0.25, -0.2) is 4.79 Å². The molecule has 0 unspecified atom stereocenters. The Morgan fingerprint density at radius 3 is 2.47 bits per heavy atom. The standard InChI is InChI=1S/C13H21NO3/c1-8(13(16)17-3)14(2)12(15)11-7-9-4-5-10(11)6-9/h8-11H,4-7H2,1-3H3/t8-,9+,10-,11-/m0/s1. The molecule has 2 fully saturated rings. The lowest BCUT2D eigenvalue weighted by molar-refractivity contribution is -0.153.